The predicted octanol–water partition coefficient (Wildman–Crippen LogP) is 4.23. The average Bonchev–Trinajstić information content (AvgIpc) is 3.06. The monoisotopic (exact) mass is 335 g/mol. The molecule has 6 heteroatoms. The molecule has 0 N–H and O–H groups in total. The zero-order valence-electron chi connectivity index (χ0n) is 13.0. The van der Waals surface area contributed by atoms with Gasteiger partial charge in [0, 0.05) is 48.0 Å². The number of aryl methyl sites for hydroxylation is 1. The second kappa shape index (κ2) is 6.02. The van der Waals surface area contributed by atoms with Gasteiger partial charge in [0.05, 0.1) is 11.0 Å². The lowest BCUT2D eigenvalue weighted by Crippen LogP contribution is -1.93. The number of halogens is 1. The summed E-state index contributed by atoms with van der Waals surface area (Å²) in [5.74, 6) is 0. The van der Waals surface area contributed by atoms with E-state index in [0.717, 1.165) is 40.0 Å². The minimum Gasteiger partial charge on any atom is -0.272 e. The van der Waals surface area contributed by atoms with E-state index in [9.17, 15) is 0 Å². The summed E-state index contributed by atoms with van der Waals surface area (Å²) in [4.78, 5) is 13.0. The fourth-order valence-corrected chi connectivity index (χ4v) is 2.79. The summed E-state index contributed by atoms with van der Waals surface area (Å²) in [5.41, 5.74) is 5.39. The zero-order valence-corrected chi connectivity index (χ0v) is 13.8. The molecule has 0 spiro atoms. The van der Waals surface area contributed by atoms with Crippen molar-refractivity contribution in [1.29, 1.82) is 0 Å². The number of rotatable bonds is 3. The van der Waals surface area contributed by atoms with E-state index in [4.69, 9.17) is 11.6 Å². The fourth-order valence-electron chi connectivity index (χ4n) is 2.64. The maximum atomic E-state index is 6.01. The second-order valence-electron chi connectivity index (χ2n) is 5.38. The first-order valence-corrected chi connectivity index (χ1v) is 8.03. The van der Waals surface area contributed by atoms with Crippen LogP contribution in [0.1, 0.15) is 6.92 Å². The van der Waals surface area contributed by atoms with Gasteiger partial charge in [-0.2, -0.15) is 5.10 Å². The Morgan fingerprint density at radius 3 is 2.79 bits per heavy atom. The van der Waals surface area contributed by atoms with Gasteiger partial charge in [0.25, 0.3) is 0 Å². The Hall–Kier alpha value is -2.79. The molecule has 0 atom stereocenters. The third-order valence-corrected chi connectivity index (χ3v) is 4.05. The van der Waals surface area contributed by atoms with E-state index in [0.29, 0.717) is 5.15 Å². The van der Waals surface area contributed by atoms with Crippen molar-refractivity contribution in [1.82, 2.24) is 24.7 Å². The van der Waals surface area contributed by atoms with Crippen LogP contribution in [0.3, 0.4) is 0 Å². The Labute approximate surface area is 144 Å². The van der Waals surface area contributed by atoms with Crippen molar-refractivity contribution < 1.29 is 0 Å². The van der Waals surface area contributed by atoms with E-state index in [1.54, 1.807) is 12.3 Å². The first-order valence-electron chi connectivity index (χ1n) is 7.65. The maximum Gasteiger partial charge on any atom is 0.129 e. The number of hydrogen-bond acceptors (Lipinski definition) is 4. The molecule has 4 rings (SSSR count). The van der Waals surface area contributed by atoms with E-state index in [1.165, 1.54) is 0 Å². The SMILES string of the molecule is CCn1cc(-c2cnc3ccc(Cl)nc3c2)c(-c2cccnc2)n1. The maximum absolute atomic E-state index is 6.01. The molecule has 0 radical (unpaired) electrons. The molecule has 4 heterocycles. The van der Waals surface area contributed by atoms with E-state index in [2.05, 4.69) is 27.0 Å². The smallest absolute Gasteiger partial charge is 0.129 e. The van der Waals surface area contributed by atoms with E-state index in [1.807, 2.05) is 47.5 Å². The molecule has 0 aromatic carbocycles. The van der Waals surface area contributed by atoms with Gasteiger partial charge >= 0.3 is 0 Å². The lowest BCUT2D eigenvalue weighted by atomic mass is 10.0. The molecule has 0 unspecified atom stereocenters. The van der Waals surface area contributed by atoms with Gasteiger partial charge in [0.15, 0.2) is 0 Å². The van der Waals surface area contributed by atoms with Crippen LogP contribution in [0, 0.1) is 0 Å². The normalized spacial score (nSPS) is 11.1. The zero-order chi connectivity index (χ0) is 16.5. The van der Waals surface area contributed by atoms with Crippen molar-refractivity contribution >= 4 is 22.6 Å². The van der Waals surface area contributed by atoms with Crippen molar-refractivity contribution in [2.75, 3.05) is 0 Å². The van der Waals surface area contributed by atoms with Crippen molar-refractivity contribution in [3.05, 3.63) is 60.3 Å². The van der Waals surface area contributed by atoms with Crippen molar-refractivity contribution in [2.24, 2.45) is 0 Å². The molecule has 4 aromatic heterocycles. The highest BCUT2D eigenvalue weighted by atomic mass is 35.5. The standard InChI is InChI=1S/C18H14ClN5/c1-2-24-11-14(18(23-24)12-4-3-7-20-9-12)13-8-16-15(21-10-13)5-6-17(19)22-16/h3-11H,2H2,1H3. The molecule has 0 aliphatic rings. The van der Waals surface area contributed by atoms with Gasteiger partial charge in [-0.1, -0.05) is 11.6 Å². The second-order valence-corrected chi connectivity index (χ2v) is 5.77. The van der Waals surface area contributed by atoms with Crippen molar-refractivity contribution in [3.63, 3.8) is 0 Å². The summed E-state index contributed by atoms with van der Waals surface area (Å²) in [6, 6.07) is 9.51. The van der Waals surface area contributed by atoms with Gasteiger partial charge < -0.3 is 0 Å². The Kier molecular flexibility index (Phi) is 3.70. The molecular formula is C18H14ClN5. The fraction of sp³-hybridized carbons (Fsp3) is 0.111. The van der Waals surface area contributed by atoms with Gasteiger partial charge in [0.2, 0.25) is 0 Å². The van der Waals surface area contributed by atoms with Gasteiger partial charge in [-0.25, -0.2) is 4.98 Å². The van der Waals surface area contributed by atoms with Gasteiger partial charge in [-0.3, -0.25) is 14.6 Å². The summed E-state index contributed by atoms with van der Waals surface area (Å²) >= 11 is 6.01. The minimum atomic E-state index is 0.457. The Morgan fingerprint density at radius 2 is 2.00 bits per heavy atom. The summed E-state index contributed by atoms with van der Waals surface area (Å²) in [7, 11) is 0. The van der Waals surface area contributed by atoms with Crippen LogP contribution in [0.4, 0.5) is 0 Å². The molecule has 0 amide bonds. The van der Waals surface area contributed by atoms with Crippen LogP contribution in [0.25, 0.3) is 33.4 Å². The number of nitrogens with zero attached hydrogens (tertiary/aromatic N) is 5. The lowest BCUT2D eigenvalue weighted by molar-refractivity contribution is 0.662. The van der Waals surface area contributed by atoms with Crippen LogP contribution in [-0.4, -0.2) is 24.7 Å². The molecule has 0 saturated heterocycles. The van der Waals surface area contributed by atoms with Crippen LogP contribution >= 0.6 is 11.6 Å². The van der Waals surface area contributed by atoms with E-state index >= 15 is 0 Å². The molecular weight excluding hydrogens is 322 g/mol. The van der Waals surface area contributed by atoms with Gasteiger partial charge in [0.1, 0.15) is 10.8 Å². The van der Waals surface area contributed by atoms with Crippen LogP contribution in [0.5, 0.6) is 0 Å². The van der Waals surface area contributed by atoms with Crippen molar-refractivity contribution in [2.45, 2.75) is 13.5 Å². The lowest BCUT2D eigenvalue weighted by Gasteiger charge is -2.04. The number of hydrogen-bond donors (Lipinski definition) is 0. The Morgan fingerprint density at radius 1 is 1.08 bits per heavy atom. The van der Waals surface area contributed by atoms with Gasteiger partial charge in [-0.15, -0.1) is 0 Å². The third-order valence-electron chi connectivity index (χ3n) is 3.84. The molecule has 118 valence electrons. The van der Waals surface area contributed by atoms with Gasteiger partial charge in [-0.05, 0) is 37.3 Å². The summed E-state index contributed by atoms with van der Waals surface area (Å²) < 4.78 is 1.91. The highest BCUT2D eigenvalue weighted by Crippen LogP contribution is 2.31. The average molecular weight is 336 g/mol. The minimum absolute atomic E-state index is 0.457. The third kappa shape index (κ3) is 2.63. The Bertz CT molecular complexity index is 1010. The molecule has 0 saturated carbocycles. The molecule has 0 aliphatic carbocycles. The number of aromatic nitrogens is 5. The summed E-state index contributed by atoms with van der Waals surface area (Å²) in [6.45, 7) is 2.85. The molecule has 4 aromatic rings. The van der Waals surface area contributed by atoms with E-state index < -0.39 is 0 Å². The Balaban J connectivity index is 1.91. The van der Waals surface area contributed by atoms with Crippen LogP contribution < -0.4 is 0 Å². The predicted molar refractivity (Wildman–Crippen MR) is 94.7 cm³/mol. The topological polar surface area (TPSA) is 56.5 Å². The van der Waals surface area contributed by atoms with Crippen molar-refractivity contribution in [3.8, 4) is 22.4 Å². The first-order chi connectivity index (χ1) is 11.7. The molecule has 0 aliphatic heterocycles. The first kappa shape index (κ1) is 14.8. The number of fused-ring (bicyclic) bond motifs is 1. The highest BCUT2D eigenvalue weighted by molar-refractivity contribution is 6.29. The van der Waals surface area contributed by atoms with Crippen LogP contribution in [-0.2, 0) is 6.54 Å². The summed E-state index contributed by atoms with van der Waals surface area (Å²) in [5, 5.41) is 5.13. The molecule has 0 bridgehead atoms. The van der Waals surface area contributed by atoms with E-state index in [-0.39, 0.29) is 0 Å². The molecule has 0 fully saturated rings. The highest BCUT2D eigenvalue weighted by Gasteiger charge is 2.14. The van der Waals surface area contributed by atoms with Crippen LogP contribution in [0.2, 0.25) is 5.15 Å². The quantitative estimate of drug-likeness (QED) is 0.526. The van der Waals surface area contributed by atoms with Crippen LogP contribution in [0.15, 0.2) is 55.1 Å². The largest absolute Gasteiger partial charge is 0.272 e. The summed E-state index contributed by atoms with van der Waals surface area (Å²) in [6.07, 6.45) is 7.43. The number of pyridine rings is 3. The molecule has 5 nitrogen and oxygen atoms in total. The molecule has 24 heavy (non-hydrogen) atoms.